The second kappa shape index (κ2) is 7.82. The van der Waals surface area contributed by atoms with Crippen molar-refractivity contribution >= 4 is 45.3 Å². The molecule has 152 valence electrons. The molecule has 0 aliphatic carbocycles. The quantitative estimate of drug-likeness (QED) is 0.309. The Kier molecular flexibility index (Phi) is 6.25. The van der Waals surface area contributed by atoms with Gasteiger partial charge in [0.15, 0.2) is 0 Å². The van der Waals surface area contributed by atoms with Gasteiger partial charge in [-0.2, -0.15) is 14.0 Å². The van der Waals surface area contributed by atoms with Crippen molar-refractivity contribution in [2.45, 2.75) is 12.1 Å². The first-order valence-corrected chi connectivity index (χ1v) is 11.5. The lowest BCUT2D eigenvalue weighted by molar-refractivity contribution is 0.0599. The molecule has 1 aromatic heterocycles. The van der Waals surface area contributed by atoms with Crippen LogP contribution >= 0.6 is 18.9 Å². The van der Waals surface area contributed by atoms with Crippen LogP contribution in [0, 0.1) is 11.3 Å². The number of fused-ring (bicyclic) bond motifs is 1. The van der Waals surface area contributed by atoms with Crippen LogP contribution in [0.2, 0.25) is 0 Å². The lowest BCUT2D eigenvalue weighted by Gasteiger charge is -2.16. The van der Waals surface area contributed by atoms with Gasteiger partial charge in [-0.3, -0.25) is 9.36 Å². The predicted octanol–water partition coefficient (Wildman–Crippen LogP) is 1.87. The molecule has 0 unspecified atom stereocenters. The van der Waals surface area contributed by atoms with Crippen LogP contribution in [-0.2, 0) is 20.3 Å². The van der Waals surface area contributed by atoms with Crippen molar-refractivity contribution in [3.63, 3.8) is 0 Å². The minimum absolute atomic E-state index is 0.0331. The number of aldehydes is 1. The van der Waals surface area contributed by atoms with E-state index in [9.17, 15) is 31.8 Å². The molecule has 0 aliphatic heterocycles. The van der Waals surface area contributed by atoms with Crippen LogP contribution in [0.3, 0.4) is 0 Å². The van der Waals surface area contributed by atoms with Gasteiger partial charge < -0.3 is 14.5 Å². The number of benzene rings is 1. The van der Waals surface area contributed by atoms with Crippen LogP contribution < -0.4 is 9.88 Å². The molecule has 9 nitrogen and oxygen atoms in total. The van der Waals surface area contributed by atoms with Crippen molar-refractivity contribution in [1.82, 2.24) is 0 Å². The molecule has 4 N–H and O–H groups in total. The fraction of sp³-hybridized carbons (Fsp3) is 0.286. The molecule has 0 fully saturated rings. The highest BCUT2D eigenvalue weighted by molar-refractivity contribution is 7.89. The highest BCUT2D eigenvalue weighted by Crippen LogP contribution is 2.62. The van der Waals surface area contributed by atoms with Gasteiger partial charge in [-0.1, -0.05) is 0 Å². The number of nitrogens with two attached hydrogens (primary N) is 1. The maximum atomic E-state index is 14.2. The van der Waals surface area contributed by atoms with Crippen molar-refractivity contribution in [3.05, 3.63) is 28.1 Å². The van der Waals surface area contributed by atoms with Crippen LogP contribution in [0.4, 0.5) is 8.78 Å². The fourth-order valence-electron chi connectivity index (χ4n) is 2.26. The number of carbonyl (C=O) groups excluding carboxylic acids is 1. The average Bonchev–Trinajstić information content (AvgIpc) is 2.95. The highest BCUT2D eigenvalue weighted by Gasteiger charge is 2.53. The molecule has 1 heterocycles. The first-order valence-electron chi connectivity index (χ1n) is 7.35. The highest BCUT2D eigenvalue weighted by atomic mass is 32.2. The predicted molar refractivity (Wildman–Crippen MR) is 96.0 cm³/mol. The van der Waals surface area contributed by atoms with Gasteiger partial charge in [0.05, 0.1) is 22.6 Å². The topological polar surface area (TPSA) is 168 Å². The lowest BCUT2D eigenvalue weighted by Crippen LogP contribution is -2.18. The van der Waals surface area contributed by atoms with Gasteiger partial charge in [0, 0.05) is 10.9 Å². The minimum atomic E-state index is -5.93. The van der Waals surface area contributed by atoms with E-state index in [0.29, 0.717) is 6.29 Å². The normalized spacial score (nSPS) is 12.7. The van der Waals surface area contributed by atoms with Gasteiger partial charge in [0.25, 0.3) is 0 Å². The molecule has 0 bridgehead atoms. The summed E-state index contributed by atoms with van der Waals surface area (Å²) in [6, 6.07) is 3.79. The van der Waals surface area contributed by atoms with Gasteiger partial charge in [0.2, 0.25) is 10.0 Å². The molecule has 0 spiro atoms. The second-order valence-corrected chi connectivity index (χ2v) is 9.99. The number of hydrogen-bond acceptors (Lipinski definition) is 7. The van der Waals surface area contributed by atoms with E-state index < -0.39 is 39.5 Å². The van der Waals surface area contributed by atoms with Gasteiger partial charge in [0.1, 0.15) is 23.0 Å². The summed E-state index contributed by atoms with van der Waals surface area (Å²) < 4.78 is 66.8. The maximum absolute atomic E-state index is 14.2. The smallest absolute Gasteiger partial charge is 0.400 e. The number of nitrogens with zero attached hydrogens (tertiary/aromatic N) is 1. The Labute approximate surface area is 161 Å². The first kappa shape index (κ1) is 22.4. The number of alkyl halides is 2. The maximum Gasteiger partial charge on any atom is 0.400 e. The third-order valence-electron chi connectivity index (χ3n) is 3.50. The summed E-state index contributed by atoms with van der Waals surface area (Å²) in [5.41, 5.74) is -5.34. The Morgan fingerprint density at radius 1 is 1.39 bits per heavy atom. The number of halogens is 2. The number of carbonyl (C=O) groups is 1. The third kappa shape index (κ3) is 4.54. The number of ether oxygens (including phenoxy) is 1. The Hall–Kier alpha value is -1.94. The number of nitriles is 1. The van der Waals surface area contributed by atoms with Gasteiger partial charge in [-0.15, -0.1) is 11.3 Å². The third-order valence-corrected chi connectivity index (χ3v) is 6.75. The molecule has 0 radical (unpaired) electrons. The second-order valence-electron chi connectivity index (χ2n) is 5.59. The standard InChI is InChI=1S/C14H13F2N2O7PS2/c15-14(16,26(20,21)22)13-10(6-17)9-4-8(7-19)5-11(12(9)27-13)25-2-1-3-28(18,23)24/h4-5,7H,1-3H2,(H2,18,23,24)(H2,20,21,22). The van der Waals surface area contributed by atoms with E-state index in [1.54, 1.807) is 0 Å². The van der Waals surface area contributed by atoms with Crippen molar-refractivity contribution in [3.8, 4) is 11.8 Å². The Bertz CT molecular complexity index is 1120. The number of sulfonamides is 1. The summed E-state index contributed by atoms with van der Waals surface area (Å²) in [5, 5.41) is 14.0. The van der Waals surface area contributed by atoms with E-state index in [-0.39, 0.29) is 45.8 Å². The van der Waals surface area contributed by atoms with Crippen molar-refractivity contribution in [1.29, 1.82) is 5.26 Å². The van der Waals surface area contributed by atoms with Crippen LogP contribution in [0.5, 0.6) is 5.75 Å². The average molecular weight is 454 g/mol. The summed E-state index contributed by atoms with van der Waals surface area (Å²) in [7, 11) is -9.67. The first-order chi connectivity index (χ1) is 12.8. The van der Waals surface area contributed by atoms with E-state index in [2.05, 4.69) is 0 Å². The molecule has 28 heavy (non-hydrogen) atoms. The van der Waals surface area contributed by atoms with Crippen molar-refractivity contribution in [2.24, 2.45) is 5.14 Å². The Morgan fingerprint density at radius 3 is 2.54 bits per heavy atom. The lowest BCUT2D eigenvalue weighted by atomic mass is 10.1. The summed E-state index contributed by atoms with van der Waals surface area (Å²) in [6.45, 7) is -0.197. The molecule has 2 rings (SSSR count). The van der Waals surface area contributed by atoms with E-state index >= 15 is 0 Å². The summed E-state index contributed by atoms with van der Waals surface area (Å²) in [6.07, 6.45) is 0.337. The molecular formula is C14H13F2N2O7PS2. The number of thiophene rings is 1. The number of primary sulfonamides is 1. The molecule has 2 aromatic rings. The molecular weight excluding hydrogens is 441 g/mol. The molecule has 0 atom stereocenters. The Balaban J connectivity index is 2.59. The largest absolute Gasteiger partial charge is 0.492 e. The molecule has 0 saturated carbocycles. The van der Waals surface area contributed by atoms with E-state index in [1.807, 2.05) is 0 Å². The zero-order chi connectivity index (χ0) is 21.3. The van der Waals surface area contributed by atoms with Crippen LogP contribution in [0.1, 0.15) is 27.2 Å². The van der Waals surface area contributed by atoms with Crippen molar-refractivity contribution < 1.29 is 41.1 Å². The SMILES string of the molecule is N#Cc1c(C(F)(F)P(=O)(O)O)sc2c(OCCCS(N)(=O)=O)cc(C=O)cc12. The number of rotatable bonds is 8. The zero-order valence-corrected chi connectivity index (χ0v) is 16.4. The number of hydrogen-bond donors (Lipinski definition) is 3. The minimum Gasteiger partial charge on any atom is -0.492 e. The van der Waals surface area contributed by atoms with Gasteiger partial charge in [-0.25, -0.2) is 13.6 Å². The monoisotopic (exact) mass is 454 g/mol. The van der Waals surface area contributed by atoms with Crippen molar-refractivity contribution in [2.75, 3.05) is 12.4 Å². The van der Waals surface area contributed by atoms with E-state index in [4.69, 9.17) is 19.7 Å². The summed E-state index contributed by atoms with van der Waals surface area (Å²) >= 11 is 0.243. The Morgan fingerprint density at radius 2 is 2.04 bits per heavy atom. The van der Waals surface area contributed by atoms with E-state index in [0.717, 1.165) is 6.07 Å². The summed E-state index contributed by atoms with van der Waals surface area (Å²) in [5.74, 6) is -0.512. The summed E-state index contributed by atoms with van der Waals surface area (Å²) in [4.78, 5) is 27.9. The fourth-order valence-corrected chi connectivity index (χ4v) is 4.73. The molecule has 0 saturated heterocycles. The van der Waals surface area contributed by atoms with Crippen LogP contribution in [0.25, 0.3) is 10.1 Å². The molecule has 14 heteroatoms. The van der Waals surface area contributed by atoms with Gasteiger partial charge in [-0.05, 0) is 18.6 Å². The van der Waals surface area contributed by atoms with Crippen LogP contribution in [0.15, 0.2) is 12.1 Å². The zero-order valence-electron chi connectivity index (χ0n) is 13.8. The van der Waals surface area contributed by atoms with E-state index in [1.165, 1.54) is 12.1 Å². The molecule has 0 amide bonds. The molecule has 1 aromatic carbocycles. The molecule has 0 aliphatic rings. The van der Waals surface area contributed by atoms with Gasteiger partial charge >= 0.3 is 13.3 Å². The van der Waals surface area contributed by atoms with Crippen LogP contribution in [-0.4, -0.2) is 36.9 Å².